The monoisotopic (exact) mass is 294 g/mol. The number of thiazole rings is 1. The van der Waals surface area contributed by atoms with Crippen LogP contribution in [0.5, 0.6) is 0 Å². The fraction of sp³-hybridized carbons (Fsp3) is 0.222. The van der Waals surface area contributed by atoms with Crippen molar-refractivity contribution in [2.75, 3.05) is 18.1 Å². The zero-order valence-electron chi connectivity index (χ0n) is 8.04. The highest BCUT2D eigenvalue weighted by molar-refractivity contribution is 7.99. The van der Waals surface area contributed by atoms with Crippen LogP contribution in [0.25, 0.3) is 10.2 Å². The van der Waals surface area contributed by atoms with Gasteiger partial charge in [-0.3, -0.25) is 0 Å². The number of halogens is 2. The first kappa shape index (κ1) is 12.3. The fourth-order valence-corrected chi connectivity index (χ4v) is 3.52. The number of aliphatic hydroxyl groups is 1. The number of nitrogens with zero attached hydrogens (tertiary/aromatic N) is 1. The normalized spacial score (nSPS) is 11.2. The molecule has 0 fully saturated rings. The van der Waals surface area contributed by atoms with E-state index in [-0.39, 0.29) is 6.61 Å². The third-order valence-corrected chi connectivity index (χ3v) is 4.72. The van der Waals surface area contributed by atoms with E-state index in [0.29, 0.717) is 26.4 Å². The Hall–Kier alpha value is -0.200. The number of hydrogen-bond acceptors (Lipinski definition) is 5. The van der Waals surface area contributed by atoms with Crippen molar-refractivity contribution in [1.29, 1.82) is 0 Å². The Morgan fingerprint density at radius 3 is 2.88 bits per heavy atom. The van der Waals surface area contributed by atoms with E-state index in [0.717, 1.165) is 9.60 Å². The predicted molar refractivity (Wildman–Crippen MR) is 71.9 cm³/mol. The number of hydrogen-bond donors (Lipinski definition) is 2. The predicted octanol–water partition coefficient (Wildman–Crippen LogP) is 3.27. The molecule has 0 bridgehead atoms. The van der Waals surface area contributed by atoms with Gasteiger partial charge in [-0.25, -0.2) is 4.98 Å². The SMILES string of the molecule is Nc1nc2c(Cl)c(Cl)c(SCCO)cc2s1. The second-order valence-electron chi connectivity index (χ2n) is 2.97. The zero-order valence-corrected chi connectivity index (χ0v) is 11.2. The average molecular weight is 295 g/mol. The van der Waals surface area contributed by atoms with Crippen LogP contribution in [0.1, 0.15) is 0 Å². The second kappa shape index (κ2) is 4.98. The minimum atomic E-state index is 0.0987. The Kier molecular flexibility index (Phi) is 3.81. The van der Waals surface area contributed by atoms with Crippen molar-refractivity contribution in [1.82, 2.24) is 4.98 Å². The Bertz CT molecular complexity index is 530. The zero-order chi connectivity index (χ0) is 11.7. The van der Waals surface area contributed by atoms with Crippen LogP contribution in [0.15, 0.2) is 11.0 Å². The van der Waals surface area contributed by atoms with Crippen LogP contribution in [0, 0.1) is 0 Å². The van der Waals surface area contributed by atoms with Crippen LogP contribution < -0.4 is 5.73 Å². The van der Waals surface area contributed by atoms with Crippen LogP contribution in [-0.2, 0) is 0 Å². The average Bonchev–Trinajstić information content (AvgIpc) is 2.62. The van der Waals surface area contributed by atoms with Crippen molar-refractivity contribution in [3.63, 3.8) is 0 Å². The van der Waals surface area contributed by atoms with Crippen LogP contribution in [0.3, 0.4) is 0 Å². The van der Waals surface area contributed by atoms with Gasteiger partial charge in [-0.15, -0.1) is 11.8 Å². The molecule has 0 unspecified atom stereocenters. The lowest BCUT2D eigenvalue weighted by molar-refractivity contribution is 0.322. The molecule has 16 heavy (non-hydrogen) atoms. The highest BCUT2D eigenvalue weighted by Crippen LogP contribution is 2.40. The number of anilines is 1. The summed E-state index contributed by atoms with van der Waals surface area (Å²) in [6.45, 7) is 0.0987. The molecule has 2 aromatic rings. The number of aromatic nitrogens is 1. The number of nitrogens with two attached hydrogens (primary N) is 1. The molecular formula is C9H8Cl2N2OS2. The number of fused-ring (bicyclic) bond motifs is 1. The van der Waals surface area contributed by atoms with Gasteiger partial charge in [0.1, 0.15) is 5.52 Å². The molecule has 0 aliphatic carbocycles. The highest BCUT2D eigenvalue weighted by Gasteiger charge is 2.13. The van der Waals surface area contributed by atoms with Crippen LogP contribution in [-0.4, -0.2) is 22.5 Å². The minimum Gasteiger partial charge on any atom is -0.396 e. The summed E-state index contributed by atoms with van der Waals surface area (Å²) in [6.07, 6.45) is 0. The number of rotatable bonds is 3. The summed E-state index contributed by atoms with van der Waals surface area (Å²) in [7, 11) is 0. The van der Waals surface area contributed by atoms with E-state index >= 15 is 0 Å². The lowest BCUT2D eigenvalue weighted by atomic mass is 10.3. The standard InChI is InChI=1S/C9H8Cl2N2OS2/c10-6-4(15-2-1-14)3-5-8(7(6)11)13-9(12)16-5/h3,14H,1-2H2,(H2,12,13). The van der Waals surface area contributed by atoms with Crippen molar-refractivity contribution in [2.45, 2.75) is 4.90 Å². The third kappa shape index (κ3) is 2.24. The Balaban J connectivity index is 2.54. The molecule has 0 saturated carbocycles. The van der Waals surface area contributed by atoms with Crippen molar-refractivity contribution in [3.05, 3.63) is 16.1 Å². The van der Waals surface area contributed by atoms with Crippen molar-refractivity contribution < 1.29 is 5.11 Å². The lowest BCUT2D eigenvalue weighted by Crippen LogP contribution is -1.87. The Morgan fingerprint density at radius 2 is 2.19 bits per heavy atom. The summed E-state index contributed by atoms with van der Waals surface area (Å²) in [4.78, 5) is 4.96. The maximum absolute atomic E-state index is 8.78. The smallest absolute Gasteiger partial charge is 0.181 e. The van der Waals surface area contributed by atoms with Gasteiger partial charge in [0.2, 0.25) is 0 Å². The van der Waals surface area contributed by atoms with Gasteiger partial charge in [0.15, 0.2) is 5.13 Å². The topological polar surface area (TPSA) is 59.1 Å². The quantitative estimate of drug-likeness (QED) is 0.853. The summed E-state index contributed by atoms with van der Waals surface area (Å²) in [5.41, 5.74) is 6.26. The molecule has 0 aliphatic heterocycles. The number of aliphatic hydroxyl groups excluding tert-OH is 1. The molecule has 1 aromatic heterocycles. The van der Waals surface area contributed by atoms with Gasteiger partial charge in [0.25, 0.3) is 0 Å². The molecular weight excluding hydrogens is 287 g/mol. The van der Waals surface area contributed by atoms with Gasteiger partial charge in [0, 0.05) is 10.6 Å². The second-order valence-corrected chi connectivity index (χ2v) is 5.93. The Labute approximate surface area is 111 Å². The number of benzene rings is 1. The fourth-order valence-electron chi connectivity index (χ4n) is 1.26. The van der Waals surface area contributed by atoms with Crippen LogP contribution in [0.4, 0.5) is 5.13 Å². The van der Waals surface area contributed by atoms with Gasteiger partial charge >= 0.3 is 0 Å². The number of nitrogen functional groups attached to an aromatic ring is 1. The van der Waals surface area contributed by atoms with Crippen LogP contribution >= 0.6 is 46.3 Å². The first-order valence-electron chi connectivity index (χ1n) is 4.41. The molecule has 0 spiro atoms. The third-order valence-electron chi connectivity index (χ3n) is 1.90. The number of thioether (sulfide) groups is 1. The maximum Gasteiger partial charge on any atom is 0.181 e. The summed E-state index contributed by atoms with van der Waals surface area (Å²) in [5, 5.41) is 10.1. The van der Waals surface area contributed by atoms with E-state index < -0.39 is 0 Å². The minimum absolute atomic E-state index is 0.0987. The molecule has 1 heterocycles. The lowest BCUT2D eigenvalue weighted by Gasteiger charge is -2.04. The van der Waals surface area contributed by atoms with Crippen molar-refractivity contribution in [3.8, 4) is 0 Å². The largest absolute Gasteiger partial charge is 0.396 e. The van der Waals surface area contributed by atoms with E-state index in [1.54, 1.807) is 0 Å². The molecule has 0 aliphatic rings. The Morgan fingerprint density at radius 1 is 1.44 bits per heavy atom. The summed E-state index contributed by atoms with van der Waals surface area (Å²) >= 11 is 15.0. The van der Waals surface area contributed by atoms with Gasteiger partial charge in [-0.05, 0) is 6.07 Å². The maximum atomic E-state index is 8.78. The van der Waals surface area contributed by atoms with E-state index in [2.05, 4.69) is 4.98 Å². The first-order valence-corrected chi connectivity index (χ1v) is 6.97. The van der Waals surface area contributed by atoms with E-state index in [4.69, 9.17) is 34.0 Å². The molecule has 2 rings (SSSR count). The van der Waals surface area contributed by atoms with Gasteiger partial charge in [0.05, 0.1) is 21.4 Å². The molecule has 86 valence electrons. The molecule has 0 saturated heterocycles. The summed E-state index contributed by atoms with van der Waals surface area (Å²) < 4.78 is 0.910. The molecule has 0 amide bonds. The molecule has 0 atom stereocenters. The summed E-state index contributed by atoms with van der Waals surface area (Å²) in [6, 6.07) is 1.90. The van der Waals surface area contributed by atoms with Gasteiger partial charge in [-0.2, -0.15) is 0 Å². The van der Waals surface area contributed by atoms with E-state index in [9.17, 15) is 0 Å². The van der Waals surface area contributed by atoms with Gasteiger partial charge in [-0.1, -0.05) is 34.5 Å². The van der Waals surface area contributed by atoms with E-state index in [1.165, 1.54) is 23.1 Å². The molecule has 0 radical (unpaired) electrons. The molecule has 7 heteroatoms. The van der Waals surface area contributed by atoms with Crippen molar-refractivity contribution >= 4 is 61.6 Å². The molecule has 3 nitrogen and oxygen atoms in total. The van der Waals surface area contributed by atoms with Crippen LogP contribution in [0.2, 0.25) is 10.0 Å². The van der Waals surface area contributed by atoms with Crippen molar-refractivity contribution in [2.24, 2.45) is 0 Å². The van der Waals surface area contributed by atoms with E-state index in [1.807, 2.05) is 6.07 Å². The first-order chi connectivity index (χ1) is 7.63. The van der Waals surface area contributed by atoms with Gasteiger partial charge < -0.3 is 10.8 Å². The summed E-state index contributed by atoms with van der Waals surface area (Å²) in [5.74, 6) is 0.579. The molecule has 3 N–H and O–H groups in total. The highest BCUT2D eigenvalue weighted by atomic mass is 35.5. The molecule has 1 aromatic carbocycles.